The number of alkyl halides is 3. The van der Waals surface area contributed by atoms with Gasteiger partial charge in [-0.2, -0.15) is 13.2 Å². The highest BCUT2D eigenvalue weighted by molar-refractivity contribution is 8.00. The fourth-order valence-electron chi connectivity index (χ4n) is 3.36. The van der Waals surface area contributed by atoms with Crippen molar-refractivity contribution in [3.8, 4) is 11.1 Å². The number of nitrogens with zero attached hydrogens (tertiary/aromatic N) is 2. The molecule has 5 nitrogen and oxygen atoms in total. The molecule has 0 aliphatic heterocycles. The second-order valence-electron chi connectivity index (χ2n) is 9.30. The minimum absolute atomic E-state index is 0.0891. The van der Waals surface area contributed by atoms with Crippen molar-refractivity contribution in [1.82, 2.24) is 9.97 Å². The Labute approximate surface area is 224 Å². The van der Waals surface area contributed by atoms with Crippen LogP contribution in [0.15, 0.2) is 59.6 Å². The number of nitrogens with one attached hydrogen (secondary N) is 2. The predicted octanol–water partition coefficient (Wildman–Crippen LogP) is 8.35. The Morgan fingerprint density at radius 3 is 2.42 bits per heavy atom. The second-order valence-corrected chi connectivity index (χ2v) is 10.6. The van der Waals surface area contributed by atoms with Crippen molar-refractivity contribution in [3.05, 3.63) is 76.9 Å². The summed E-state index contributed by atoms with van der Waals surface area (Å²) in [6.45, 7) is 5.22. The summed E-state index contributed by atoms with van der Waals surface area (Å²) in [5, 5.41) is 2.98. The maximum Gasteiger partial charge on any atom is 0.417 e. The Hall–Kier alpha value is -3.44. The molecule has 0 radical (unpaired) electrons. The minimum atomic E-state index is -4.68. The van der Waals surface area contributed by atoms with E-state index in [2.05, 4.69) is 20.0 Å². The van der Waals surface area contributed by atoms with Crippen LogP contribution in [0.3, 0.4) is 0 Å². The number of anilines is 2. The van der Waals surface area contributed by atoms with Crippen LogP contribution in [0, 0.1) is 17.0 Å². The van der Waals surface area contributed by atoms with Gasteiger partial charge in [0, 0.05) is 26.9 Å². The summed E-state index contributed by atoms with van der Waals surface area (Å²) in [6.07, 6.45) is -3.26. The van der Waals surface area contributed by atoms with Gasteiger partial charge in [0.1, 0.15) is 5.82 Å². The SMILES string of the molecule is CC(C)(C)C(=O)Nc1ncc2cc(-c3c(F)ccc(NSc4ccc(Cl)cc4C(F)(F)F)c3F)ccc2n1. The maximum absolute atomic E-state index is 15.4. The van der Waals surface area contributed by atoms with E-state index in [1.54, 1.807) is 20.8 Å². The average Bonchev–Trinajstić information content (AvgIpc) is 2.83. The standard InChI is InChI=1S/C26H20ClF5N4OS/c1-25(2,3)23(37)35-24-33-12-14-10-13(4-7-18(14)34-24)21-17(28)6-8-19(22(21)29)36-38-20-9-5-15(27)11-16(20)26(30,31)32/h4-12,36H,1-3H3,(H,33,34,35,37). The molecule has 1 amide bonds. The van der Waals surface area contributed by atoms with Crippen molar-refractivity contribution < 1.29 is 26.7 Å². The highest BCUT2D eigenvalue weighted by atomic mass is 35.5. The van der Waals surface area contributed by atoms with Crippen LogP contribution >= 0.6 is 23.5 Å². The Bertz CT molecular complexity index is 1540. The molecule has 1 heterocycles. The molecule has 38 heavy (non-hydrogen) atoms. The first-order valence-electron chi connectivity index (χ1n) is 11.1. The van der Waals surface area contributed by atoms with Crippen LogP contribution in [0.5, 0.6) is 0 Å². The van der Waals surface area contributed by atoms with Gasteiger partial charge < -0.3 is 4.72 Å². The number of hydrogen-bond donors (Lipinski definition) is 2. The molecule has 1 aromatic heterocycles. The summed E-state index contributed by atoms with van der Waals surface area (Å²) >= 11 is 6.23. The minimum Gasteiger partial charge on any atom is -0.323 e. The van der Waals surface area contributed by atoms with Crippen LogP contribution < -0.4 is 10.0 Å². The highest BCUT2D eigenvalue weighted by Crippen LogP contribution is 2.40. The molecule has 0 spiro atoms. The summed E-state index contributed by atoms with van der Waals surface area (Å²) in [7, 11) is 0. The van der Waals surface area contributed by atoms with Gasteiger partial charge in [0.15, 0.2) is 5.82 Å². The lowest BCUT2D eigenvalue weighted by Gasteiger charge is -2.16. The van der Waals surface area contributed by atoms with E-state index in [9.17, 15) is 22.4 Å². The molecule has 12 heteroatoms. The Morgan fingerprint density at radius 1 is 1.00 bits per heavy atom. The molecule has 198 valence electrons. The van der Waals surface area contributed by atoms with Crippen LogP contribution in [-0.2, 0) is 11.0 Å². The lowest BCUT2D eigenvalue weighted by molar-refractivity contribution is -0.139. The molecule has 0 fully saturated rings. The first-order chi connectivity index (χ1) is 17.7. The zero-order valence-electron chi connectivity index (χ0n) is 20.2. The molecule has 0 saturated carbocycles. The molecular formula is C26H20ClF5N4OS. The van der Waals surface area contributed by atoms with Gasteiger partial charge >= 0.3 is 6.18 Å². The molecule has 0 unspecified atom stereocenters. The zero-order valence-corrected chi connectivity index (χ0v) is 21.7. The number of benzene rings is 3. The van der Waals surface area contributed by atoms with Gasteiger partial charge in [-0.15, -0.1) is 0 Å². The van der Waals surface area contributed by atoms with Crippen molar-refractivity contribution in [2.24, 2.45) is 5.41 Å². The van der Waals surface area contributed by atoms with Gasteiger partial charge in [-0.3, -0.25) is 10.1 Å². The van der Waals surface area contributed by atoms with Crippen LogP contribution in [0.2, 0.25) is 5.02 Å². The van der Waals surface area contributed by atoms with E-state index >= 15 is 4.39 Å². The molecule has 0 aliphatic rings. The number of carbonyl (C=O) groups excluding carboxylic acids is 1. The van der Waals surface area contributed by atoms with E-state index in [1.807, 2.05) is 0 Å². The van der Waals surface area contributed by atoms with Gasteiger partial charge in [-0.25, -0.2) is 18.7 Å². The van der Waals surface area contributed by atoms with Crippen LogP contribution in [0.4, 0.5) is 33.6 Å². The highest BCUT2D eigenvalue weighted by Gasteiger charge is 2.34. The van der Waals surface area contributed by atoms with E-state index in [1.165, 1.54) is 30.5 Å². The lowest BCUT2D eigenvalue weighted by atomic mass is 9.96. The van der Waals surface area contributed by atoms with Crippen molar-refractivity contribution in [3.63, 3.8) is 0 Å². The normalized spacial score (nSPS) is 12.0. The monoisotopic (exact) mass is 566 g/mol. The number of fused-ring (bicyclic) bond motifs is 1. The topological polar surface area (TPSA) is 66.9 Å². The summed E-state index contributed by atoms with van der Waals surface area (Å²) in [5.74, 6) is -2.05. The number of rotatable bonds is 5. The predicted molar refractivity (Wildman–Crippen MR) is 139 cm³/mol. The second kappa shape index (κ2) is 10.4. The van der Waals surface area contributed by atoms with E-state index in [4.69, 9.17) is 11.6 Å². The van der Waals surface area contributed by atoms with Crippen LogP contribution in [0.25, 0.3) is 22.0 Å². The van der Waals surface area contributed by atoms with Crippen molar-refractivity contribution in [2.45, 2.75) is 31.8 Å². The van der Waals surface area contributed by atoms with Gasteiger partial charge in [0.2, 0.25) is 11.9 Å². The van der Waals surface area contributed by atoms with E-state index in [0.29, 0.717) is 22.9 Å². The third kappa shape index (κ3) is 5.99. The average molecular weight is 567 g/mol. The van der Waals surface area contributed by atoms with Crippen molar-refractivity contribution >= 4 is 52.0 Å². The zero-order chi connectivity index (χ0) is 27.8. The number of halogens is 6. The third-order valence-corrected chi connectivity index (χ3v) is 6.52. The number of hydrogen-bond acceptors (Lipinski definition) is 5. The fourth-order valence-corrected chi connectivity index (χ4v) is 4.33. The summed E-state index contributed by atoms with van der Waals surface area (Å²) in [5.41, 5.74) is -1.64. The van der Waals surface area contributed by atoms with Crippen molar-refractivity contribution in [1.29, 1.82) is 0 Å². The first kappa shape index (κ1) is 27.6. The van der Waals surface area contributed by atoms with Crippen LogP contribution in [-0.4, -0.2) is 15.9 Å². The largest absolute Gasteiger partial charge is 0.417 e. The van der Waals surface area contributed by atoms with E-state index in [-0.39, 0.29) is 38.6 Å². The Morgan fingerprint density at radius 2 is 1.74 bits per heavy atom. The van der Waals surface area contributed by atoms with E-state index in [0.717, 1.165) is 24.3 Å². The summed E-state index contributed by atoms with van der Waals surface area (Å²) in [6, 6.07) is 9.77. The molecule has 4 rings (SSSR count). The molecule has 0 aliphatic carbocycles. The molecule has 0 bridgehead atoms. The van der Waals surface area contributed by atoms with Gasteiger partial charge in [0.25, 0.3) is 0 Å². The summed E-state index contributed by atoms with van der Waals surface area (Å²) in [4.78, 5) is 20.3. The Kier molecular flexibility index (Phi) is 7.53. The molecule has 2 N–H and O–H groups in total. The molecular weight excluding hydrogens is 547 g/mol. The number of carbonyl (C=O) groups is 1. The van der Waals surface area contributed by atoms with Gasteiger partial charge in [-0.05, 0) is 60.0 Å². The first-order valence-corrected chi connectivity index (χ1v) is 12.3. The smallest absolute Gasteiger partial charge is 0.323 e. The third-order valence-electron chi connectivity index (χ3n) is 5.38. The Balaban J connectivity index is 1.63. The summed E-state index contributed by atoms with van der Waals surface area (Å²) < 4.78 is 72.8. The quantitative estimate of drug-likeness (QED) is 0.188. The maximum atomic E-state index is 15.4. The molecule has 3 aromatic carbocycles. The van der Waals surface area contributed by atoms with Crippen molar-refractivity contribution in [2.75, 3.05) is 10.0 Å². The number of amides is 1. The molecule has 4 aromatic rings. The lowest BCUT2D eigenvalue weighted by Crippen LogP contribution is -2.28. The van der Waals surface area contributed by atoms with Crippen LogP contribution in [0.1, 0.15) is 26.3 Å². The van der Waals surface area contributed by atoms with E-state index < -0.39 is 28.8 Å². The fraction of sp³-hybridized carbons (Fsp3) is 0.192. The number of aromatic nitrogens is 2. The molecule has 0 atom stereocenters. The van der Waals surface area contributed by atoms with Gasteiger partial charge in [0.05, 0.1) is 22.3 Å². The molecule has 0 saturated heterocycles. The van der Waals surface area contributed by atoms with Gasteiger partial charge in [-0.1, -0.05) is 38.4 Å².